The van der Waals surface area contributed by atoms with E-state index in [0.717, 1.165) is 35.1 Å². The van der Waals surface area contributed by atoms with E-state index >= 15 is 0 Å². The molecule has 3 nitrogen and oxygen atoms in total. The minimum absolute atomic E-state index is 0.0121. The molecule has 2 N–H and O–H groups in total. The summed E-state index contributed by atoms with van der Waals surface area (Å²) in [5.74, 6) is 0.0121. The van der Waals surface area contributed by atoms with Crippen LogP contribution < -0.4 is 10.6 Å². The largest absolute Gasteiger partial charge is 0.348 e. The van der Waals surface area contributed by atoms with Crippen LogP contribution in [0.25, 0.3) is 0 Å². The van der Waals surface area contributed by atoms with Gasteiger partial charge in [0.25, 0.3) is 5.91 Å². The van der Waals surface area contributed by atoms with Gasteiger partial charge >= 0.3 is 0 Å². The molecule has 0 bridgehead atoms. The normalized spacial score (nSPS) is 19.8. The van der Waals surface area contributed by atoms with Crippen LogP contribution in [0.5, 0.6) is 0 Å². The van der Waals surface area contributed by atoms with Crippen LogP contribution in [0.1, 0.15) is 22.3 Å². The lowest BCUT2D eigenvalue weighted by Gasteiger charge is -2.11. The number of carbonyl (C=O) groups is 1. The molecule has 0 radical (unpaired) electrons. The Morgan fingerprint density at radius 3 is 2.94 bits per heavy atom. The molecule has 16 heavy (non-hydrogen) atoms. The highest BCUT2D eigenvalue weighted by atomic mass is 79.9. The number of halogens is 1. The Morgan fingerprint density at radius 1 is 1.50 bits per heavy atom. The Morgan fingerprint density at radius 2 is 2.31 bits per heavy atom. The van der Waals surface area contributed by atoms with Gasteiger partial charge in [0.05, 0.1) is 0 Å². The van der Waals surface area contributed by atoms with E-state index in [-0.39, 0.29) is 11.9 Å². The lowest BCUT2D eigenvalue weighted by atomic mass is 10.1. The average Bonchev–Trinajstić information content (AvgIpc) is 2.68. The van der Waals surface area contributed by atoms with Gasteiger partial charge in [0, 0.05) is 22.6 Å². The Balaban J connectivity index is 2.07. The number of aryl methyl sites for hydroxylation is 1. The van der Waals surface area contributed by atoms with Crippen LogP contribution in [0.15, 0.2) is 22.7 Å². The first-order valence-corrected chi connectivity index (χ1v) is 6.23. The Hall–Kier alpha value is -0.870. The summed E-state index contributed by atoms with van der Waals surface area (Å²) in [6.07, 6.45) is 1.01. The van der Waals surface area contributed by atoms with Crippen molar-refractivity contribution in [2.24, 2.45) is 0 Å². The van der Waals surface area contributed by atoms with Crippen LogP contribution in [0.3, 0.4) is 0 Å². The molecule has 86 valence electrons. The van der Waals surface area contributed by atoms with Gasteiger partial charge in [0.1, 0.15) is 0 Å². The van der Waals surface area contributed by atoms with Gasteiger partial charge < -0.3 is 10.6 Å². The summed E-state index contributed by atoms with van der Waals surface area (Å²) in [6.45, 7) is 3.85. The zero-order valence-electron chi connectivity index (χ0n) is 9.22. The Labute approximate surface area is 104 Å². The molecule has 1 fully saturated rings. The van der Waals surface area contributed by atoms with Crippen LogP contribution in [0.2, 0.25) is 0 Å². The van der Waals surface area contributed by atoms with Crippen molar-refractivity contribution in [1.29, 1.82) is 0 Å². The fourth-order valence-corrected chi connectivity index (χ4v) is 2.52. The topological polar surface area (TPSA) is 41.1 Å². The molecule has 1 heterocycles. The molecule has 1 aliphatic heterocycles. The third-order valence-corrected chi connectivity index (χ3v) is 3.16. The predicted octanol–water partition coefficient (Wildman–Crippen LogP) is 1.85. The van der Waals surface area contributed by atoms with Gasteiger partial charge in [0.2, 0.25) is 0 Å². The van der Waals surface area contributed by atoms with E-state index < -0.39 is 0 Å². The SMILES string of the molecule is Cc1cc(Br)cc(C(=O)N[C@@H]2CCNC2)c1. The van der Waals surface area contributed by atoms with E-state index in [4.69, 9.17) is 0 Å². The van der Waals surface area contributed by atoms with Crippen LogP contribution in [-0.4, -0.2) is 25.0 Å². The summed E-state index contributed by atoms with van der Waals surface area (Å²) in [5, 5.41) is 6.26. The monoisotopic (exact) mass is 282 g/mol. The highest BCUT2D eigenvalue weighted by Crippen LogP contribution is 2.15. The smallest absolute Gasteiger partial charge is 0.251 e. The van der Waals surface area contributed by atoms with Gasteiger partial charge in [-0.05, 0) is 43.7 Å². The van der Waals surface area contributed by atoms with Crippen molar-refractivity contribution in [2.45, 2.75) is 19.4 Å². The highest BCUT2D eigenvalue weighted by Gasteiger charge is 2.17. The maximum atomic E-state index is 11.9. The van der Waals surface area contributed by atoms with E-state index in [9.17, 15) is 4.79 Å². The van der Waals surface area contributed by atoms with Crippen molar-refractivity contribution >= 4 is 21.8 Å². The van der Waals surface area contributed by atoms with Crippen molar-refractivity contribution < 1.29 is 4.79 Å². The number of amides is 1. The first-order chi connectivity index (χ1) is 7.65. The molecule has 2 rings (SSSR count). The summed E-state index contributed by atoms with van der Waals surface area (Å²) in [7, 11) is 0. The zero-order chi connectivity index (χ0) is 11.5. The van der Waals surface area contributed by atoms with Crippen molar-refractivity contribution in [3.8, 4) is 0 Å². The van der Waals surface area contributed by atoms with E-state index in [1.165, 1.54) is 0 Å². The number of benzene rings is 1. The van der Waals surface area contributed by atoms with Crippen molar-refractivity contribution in [1.82, 2.24) is 10.6 Å². The Kier molecular flexibility index (Phi) is 3.61. The molecule has 4 heteroatoms. The molecule has 0 spiro atoms. The first kappa shape index (κ1) is 11.6. The van der Waals surface area contributed by atoms with E-state index in [1.54, 1.807) is 0 Å². The third kappa shape index (κ3) is 2.83. The first-order valence-electron chi connectivity index (χ1n) is 5.44. The number of hydrogen-bond acceptors (Lipinski definition) is 2. The van der Waals surface area contributed by atoms with E-state index in [1.807, 2.05) is 25.1 Å². The van der Waals surface area contributed by atoms with Crippen molar-refractivity contribution in [3.05, 3.63) is 33.8 Å². The van der Waals surface area contributed by atoms with Crippen LogP contribution in [0.4, 0.5) is 0 Å². The molecule has 0 saturated carbocycles. The lowest BCUT2D eigenvalue weighted by Crippen LogP contribution is -2.36. The number of rotatable bonds is 2. The minimum atomic E-state index is 0.0121. The highest BCUT2D eigenvalue weighted by molar-refractivity contribution is 9.10. The van der Waals surface area contributed by atoms with E-state index in [2.05, 4.69) is 26.6 Å². The molecule has 1 aliphatic rings. The maximum Gasteiger partial charge on any atom is 0.251 e. The second kappa shape index (κ2) is 4.97. The van der Waals surface area contributed by atoms with Gasteiger partial charge in [-0.3, -0.25) is 4.79 Å². The van der Waals surface area contributed by atoms with Crippen LogP contribution >= 0.6 is 15.9 Å². The second-order valence-electron chi connectivity index (χ2n) is 4.18. The van der Waals surface area contributed by atoms with Gasteiger partial charge in [-0.25, -0.2) is 0 Å². The fraction of sp³-hybridized carbons (Fsp3) is 0.417. The van der Waals surface area contributed by atoms with Crippen LogP contribution in [0, 0.1) is 6.92 Å². The number of hydrogen-bond donors (Lipinski definition) is 2. The summed E-state index contributed by atoms with van der Waals surface area (Å²) in [5.41, 5.74) is 1.81. The minimum Gasteiger partial charge on any atom is -0.348 e. The molecule has 1 amide bonds. The predicted molar refractivity (Wildman–Crippen MR) is 67.6 cm³/mol. The third-order valence-electron chi connectivity index (χ3n) is 2.70. The fourth-order valence-electron chi connectivity index (χ4n) is 1.91. The maximum absolute atomic E-state index is 11.9. The van der Waals surface area contributed by atoms with E-state index in [0.29, 0.717) is 0 Å². The van der Waals surface area contributed by atoms with Gasteiger partial charge in [-0.15, -0.1) is 0 Å². The number of nitrogens with one attached hydrogen (secondary N) is 2. The van der Waals surface area contributed by atoms with Gasteiger partial charge in [-0.2, -0.15) is 0 Å². The summed E-state index contributed by atoms with van der Waals surface area (Å²) >= 11 is 3.40. The summed E-state index contributed by atoms with van der Waals surface area (Å²) in [6, 6.07) is 6.02. The lowest BCUT2D eigenvalue weighted by molar-refractivity contribution is 0.0940. The second-order valence-corrected chi connectivity index (χ2v) is 5.10. The number of carbonyl (C=O) groups excluding carboxylic acids is 1. The van der Waals surface area contributed by atoms with Gasteiger partial charge in [-0.1, -0.05) is 15.9 Å². The Bertz CT molecular complexity index is 380. The molecular weight excluding hydrogens is 268 g/mol. The summed E-state index contributed by atoms with van der Waals surface area (Å²) < 4.78 is 0.946. The molecule has 1 aromatic rings. The van der Waals surface area contributed by atoms with Crippen molar-refractivity contribution in [2.75, 3.05) is 13.1 Å². The molecule has 0 aliphatic carbocycles. The molecule has 0 aromatic heterocycles. The van der Waals surface area contributed by atoms with Gasteiger partial charge in [0.15, 0.2) is 0 Å². The summed E-state index contributed by atoms with van der Waals surface area (Å²) in [4.78, 5) is 11.9. The van der Waals surface area contributed by atoms with Crippen molar-refractivity contribution in [3.63, 3.8) is 0 Å². The zero-order valence-corrected chi connectivity index (χ0v) is 10.8. The molecule has 0 unspecified atom stereocenters. The molecular formula is C12H15BrN2O. The molecule has 1 saturated heterocycles. The molecule has 1 aromatic carbocycles. The average molecular weight is 283 g/mol. The molecule has 1 atom stereocenters. The van der Waals surface area contributed by atoms with Crippen LogP contribution in [-0.2, 0) is 0 Å². The quantitative estimate of drug-likeness (QED) is 0.869. The standard InChI is InChI=1S/C12H15BrN2O/c1-8-4-9(6-10(13)5-8)12(16)15-11-2-3-14-7-11/h4-6,11,14H,2-3,7H2,1H3,(H,15,16)/t11-/m1/s1.